The Labute approximate surface area is 246 Å². The van der Waals surface area contributed by atoms with E-state index in [1.54, 1.807) is 17.6 Å². The number of amides is 2. The second-order valence-electron chi connectivity index (χ2n) is 10.8. The predicted molar refractivity (Wildman–Crippen MR) is 159 cm³/mol. The number of nitrogens with one attached hydrogen (secondary N) is 2. The molecular formula is C30H41N5O5S. The summed E-state index contributed by atoms with van der Waals surface area (Å²) in [6.07, 6.45) is -0.515. The van der Waals surface area contributed by atoms with Crippen LogP contribution in [0.4, 0.5) is 4.79 Å². The Bertz CT molecular complexity index is 1200. The van der Waals surface area contributed by atoms with E-state index in [1.807, 2.05) is 80.7 Å². The Kier molecular flexibility index (Phi) is 12.1. The van der Waals surface area contributed by atoms with E-state index in [2.05, 4.69) is 15.7 Å². The molecule has 11 heteroatoms. The summed E-state index contributed by atoms with van der Waals surface area (Å²) in [5, 5.41) is 6.39. The van der Waals surface area contributed by atoms with Crippen molar-refractivity contribution in [2.75, 3.05) is 20.8 Å². The van der Waals surface area contributed by atoms with Crippen LogP contribution >= 0.6 is 11.3 Å². The molecule has 0 aliphatic rings. The van der Waals surface area contributed by atoms with Crippen molar-refractivity contribution in [1.82, 2.24) is 20.7 Å². The van der Waals surface area contributed by atoms with Crippen molar-refractivity contribution in [3.8, 4) is 5.75 Å². The first-order valence-electron chi connectivity index (χ1n) is 13.4. The molecule has 0 fully saturated rings. The highest BCUT2D eigenvalue weighted by atomic mass is 32.1. The SMILES string of the molecule is COC(=O)N[C@H](C(=O)NN(Cc1ccccc1)C[C@H](OC)[C@@H](N)Cc1ccc(OCc2cscn2)cc1)C(C)(C)C. The summed E-state index contributed by atoms with van der Waals surface area (Å²) in [6.45, 7) is 6.78. The molecule has 0 unspecified atom stereocenters. The number of nitrogens with zero attached hydrogens (tertiary/aromatic N) is 2. The number of rotatable bonds is 14. The van der Waals surface area contributed by atoms with Gasteiger partial charge in [-0.2, -0.15) is 0 Å². The minimum Gasteiger partial charge on any atom is -0.487 e. The number of aromatic nitrogens is 1. The third-order valence-corrected chi connectivity index (χ3v) is 7.14. The van der Waals surface area contributed by atoms with Gasteiger partial charge in [0.05, 0.1) is 24.4 Å². The van der Waals surface area contributed by atoms with Crippen LogP contribution in [-0.4, -0.2) is 60.9 Å². The van der Waals surface area contributed by atoms with E-state index >= 15 is 0 Å². The second kappa shape index (κ2) is 15.5. The van der Waals surface area contributed by atoms with Gasteiger partial charge in [-0.1, -0.05) is 63.2 Å². The first-order valence-corrected chi connectivity index (χ1v) is 14.3. The maximum atomic E-state index is 13.4. The van der Waals surface area contributed by atoms with Crippen molar-refractivity contribution < 1.29 is 23.8 Å². The highest BCUT2D eigenvalue weighted by Gasteiger charge is 2.34. The molecule has 10 nitrogen and oxygen atoms in total. The smallest absolute Gasteiger partial charge is 0.407 e. The normalized spacial score (nSPS) is 13.7. The molecule has 0 aliphatic carbocycles. The zero-order valence-corrected chi connectivity index (χ0v) is 25.1. The highest BCUT2D eigenvalue weighted by Crippen LogP contribution is 2.21. The molecular weight excluding hydrogens is 542 g/mol. The minimum atomic E-state index is -0.834. The van der Waals surface area contributed by atoms with E-state index in [-0.39, 0.29) is 11.9 Å². The molecule has 0 saturated carbocycles. The summed E-state index contributed by atoms with van der Waals surface area (Å²) < 4.78 is 16.4. The highest BCUT2D eigenvalue weighted by molar-refractivity contribution is 7.07. The fraction of sp³-hybridized carbons (Fsp3) is 0.433. The molecule has 2 amide bonds. The molecule has 0 saturated heterocycles. The fourth-order valence-electron chi connectivity index (χ4n) is 4.22. The molecule has 41 heavy (non-hydrogen) atoms. The van der Waals surface area contributed by atoms with Gasteiger partial charge in [0.1, 0.15) is 18.4 Å². The zero-order valence-electron chi connectivity index (χ0n) is 24.3. The largest absolute Gasteiger partial charge is 0.487 e. The lowest BCUT2D eigenvalue weighted by atomic mass is 9.86. The average Bonchev–Trinajstić information content (AvgIpc) is 3.47. The third kappa shape index (κ3) is 10.4. The Morgan fingerprint density at radius 1 is 1.05 bits per heavy atom. The molecule has 1 heterocycles. The Balaban J connectivity index is 1.68. The molecule has 0 spiro atoms. The maximum Gasteiger partial charge on any atom is 0.407 e. The molecule has 2 aromatic carbocycles. The molecule has 4 N–H and O–H groups in total. The number of methoxy groups -OCH3 is 2. The Morgan fingerprint density at radius 2 is 1.76 bits per heavy atom. The van der Waals surface area contributed by atoms with Crippen LogP contribution < -0.4 is 21.2 Å². The van der Waals surface area contributed by atoms with Gasteiger partial charge in [-0.05, 0) is 35.1 Å². The van der Waals surface area contributed by atoms with Crippen molar-refractivity contribution in [2.45, 2.75) is 58.5 Å². The molecule has 0 radical (unpaired) electrons. The zero-order chi connectivity index (χ0) is 29.8. The van der Waals surface area contributed by atoms with Gasteiger partial charge in [0.2, 0.25) is 0 Å². The molecule has 3 aromatic rings. The van der Waals surface area contributed by atoms with Gasteiger partial charge in [-0.25, -0.2) is 14.8 Å². The number of hydrogen-bond donors (Lipinski definition) is 3. The first kappa shape index (κ1) is 32.0. The van der Waals surface area contributed by atoms with Crippen LogP contribution in [0.15, 0.2) is 65.5 Å². The lowest BCUT2D eigenvalue weighted by Gasteiger charge is -2.34. The van der Waals surface area contributed by atoms with E-state index in [0.717, 1.165) is 22.6 Å². The number of hydrazine groups is 1. The van der Waals surface area contributed by atoms with Crippen molar-refractivity contribution in [3.05, 3.63) is 82.3 Å². The van der Waals surface area contributed by atoms with Crippen molar-refractivity contribution >= 4 is 23.3 Å². The van der Waals surface area contributed by atoms with Crippen molar-refractivity contribution in [2.24, 2.45) is 11.1 Å². The molecule has 0 aliphatic heterocycles. The van der Waals surface area contributed by atoms with Crippen molar-refractivity contribution in [1.29, 1.82) is 0 Å². The molecule has 3 atom stereocenters. The number of hydrogen-bond acceptors (Lipinski definition) is 9. The standard InChI is InChI=1S/C30H41N5O5S/c1-30(2,3)27(33-29(37)39-5)28(36)34-35(16-22-9-7-6-8-10-22)17-26(38-4)25(31)15-21-11-13-24(14-12-21)40-18-23-19-41-20-32-23/h6-14,19-20,25-27H,15-18,31H2,1-5H3,(H,33,37)(H,34,36)/t25-,26-,27+/m0/s1. The number of alkyl carbamates (subject to hydrolysis) is 1. The van der Waals surface area contributed by atoms with E-state index < -0.39 is 23.7 Å². The lowest BCUT2D eigenvalue weighted by molar-refractivity contribution is -0.131. The van der Waals surface area contributed by atoms with Crippen LogP contribution in [-0.2, 0) is 33.8 Å². The predicted octanol–water partition coefficient (Wildman–Crippen LogP) is 3.91. The van der Waals surface area contributed by atoms with Crippen LogP contribution in [0.2, 0.25) is 0 Å². The molecule has 1 aromatic heterocycles. The summed E-state index contributed by atoms with van der Waals surface area (Å²) in [6, 6.07) is 16.4. The quantitative estimate of drug-likeness (QED) is 0.244. The van der Waals surface area contributed by atoms with Gasteiger partial charge in [-0.15, -0.1) is 11.3 Å². The fourth-order valence-corrected chi connectivity index (χ4v) is 4.76. The van der Waals surface area contributed by atoms with E-state index in [4.69, 9.17) is 19.9 Å². The van der Waals surface area contributed by atoms with E-state index in [1.165, 1.54) is 18.4 Å². The number of benzene rings is 2. The van der Waals surface area contributed by atoms with Gasteiger partial charge >= 0.3 is 6.09 Å². The van der Waals surface area contributed by atoms with Crippen LogP contribution in [0.1, 0.15) is 37.6 Å². The summed E-state index contributed by atoms with van der Waals surface area (Å²) in [4.78, 5) is 29.6. The molecule has 3 rings (SSSR count). The summed E-state index contributed by atoms with van der Waals surface area (Å²) in [7, 11) is 2.88. The maximum absolute atomic E-state index is 13.4. The van der Waals surface area contributed by atoms with Crippen LogP contribution in [0, 0.1) is 5.41 Å². The van der Waals surface area contributed by atoms with Crippen LogP contribution in [0.25, 0.3) is 0 Å². The number of carbonyl (C=O) groups is 2. The van der Waals surface area contributed by atoms with Gasteiger partial charge in [0.25, 0.3) is 5.91 Å². The van der Waals surface area contributed by atoms with Crippen LogP contribution in [0.5, 0.6) is 5.75 Å². The first-order chi connectivity index (χ1) is 19.6. The van der Waals surface area contributed by atoms with Gasteiger partial charge in [-0.3, -0.25) is 10.2 Å². The van der Waals surface area contributed by atoms with E-state index in [9.17, 15) is 9.59 Å². The minimum absolute atomic E-state index is 0.322. The lowest BCUT2D eigenvalue weighted by Crippen LogP contribution is -2.59. The summed E-state index contributed by atoms with van der Waals surface area (Å²) in [5.74, 6) is 0.389. The van der Waals surface area contributed by atoms with Gasteiger partial charge in [0, 0.05) is 31.6 Å². The number of nitrogens with two attached hydrogens (primary N) is 1. The summed E-state index contributed by atoms with van der Waals surface area (Å²) in [5.41, 5.74) is 13.8. The third-order valence-electron chi connectivity index (χ3n) is 6.51. The molecule has 0 bridgehead atoms. The monoisotopic (exact) mass is 583 g/mol. The Morgan fingerprint density at radius 3 is 2.34 bits per heavy atom. The summed E-state index contributed by atoms with van der Waals surface area (Å²) >= 11 is 1.54. The van der Waals surface area contributed by atoms with Crippen LogP contribution in [0.3, 0.4) is 0 Å². The van der Waals surface area contributed by atoms with Crippen molar-refractivity contribution in [3.63, 3.8) is 0 Å². The average molecular weight is 584 g/mol. The van der Waals surface area contributed by atoms with Gasteiger partial charge in [0.15, 0.2) is 0 Å². The molecule has 222 valence electrons. The number of ether oxygens (including phenoxy) is 3. The van der Waals surface area contributed by atoms with Gasteiger partial charge < -0.3 is 25.3 Å². The second-order valence-corrected chi connectivity index (χ2v) is 11.6. The topological polar surface area (TPSA) is 128 Å². The Hall–Kier alpha value is -3.51. The number of carbonyl (C=O) groups excluding carboxylic acids is 2. The number of thiazole rings is 1. The van der Waals surface area contributed by atoms with E-state index in [0.29, 0.717) is 26.1 Å².